The second kappa shape index (κ2) is 7.27. The minimum Gasteiger partial charge on any atom is -0.507 e. The maximum atomic E-state index is 11.0. The monoisotopic (exact) mass is 424 g/mol. The Balaban J connectivity index is 1.91. The molecule has 0 unspecified atom stereocenters. The number of fused-ring (bicyclic) bond motifs is 6. The zero-order valence-corrected chi connectivity index (χ0v) is 19.9. The van der Waals surface area contributed by atoms with Crippen molar-refractivity contribution in [3.8, 4) is 22.6 Å². The van der Waals surface area contributed by atoms with E-state index in [1.54, 1.807) is 0 Å². The highest BCUT2D eigenvalue weighted by molar-refractivity contribution is 6.13. The van der Waals surface area contributed by atoms with Crippen molar-refractivity contribution in [2.75, 3.05) is 0 Å². The third-order valence-electron chi connectivity index (χ3n) is 7.26. The Bertz CT molecular complexity index is 1390. The van der Waals surface area contributed by atoms with Gasteiger partial charge < -0.3 is 10.2 Å². The van der Waals surface area contributed by atoms with Gasteiger partial charge >= 0.3 is 0 Å². The van der Waals surface area contributed by atoms with Crippen LogP contribution in [0.4, 0.5) is 0 Å². The zero-order valence-electron chi connectivity index (χ0n) is 19.9. The van der Waals surface area contributed by atoms with Gasteiger partial charge in [-0.3, -0.25) is 0 Å². The molecule has 2 N–H and O–H groups in total. The number of phenolic OH excluding ortho intramolecular Hbond substituents is 2. The average molecular weight is 425 g/mol. The molecule has 4 aromatic rings. The number of benzene rings is 4. The van der Waals surface area contributed by atoms with E-state index in [9.17, 15) is 10.2 Å². The normalized spacial score (nSPS) is 15.6. The Kier molecular flexibility index (Phi) is 4.74. The molecule has 0 bridgehead atoms. The highest BCUT2D eigenvalue weighted by Gasteiger charge is 2.30. The summed E-state index contributed by atoms with van der Waals surface area (Å²) in [5, 5.41) is 26.3. The Labute approximate surface area is 190 Å². The van der Waals surface area contributed by atoms with E-state index < -0.39 is 0 Å². The average Bonchev–Trinajstić information content (AvgIpc) is 2.70. The molecule has 164 valence electrons. The summed E-state index contributed by atoms with van der Waals surface area (Å²) in [5.74, 6) is 1.89. The number of aryl methyl sites for hydroxylation is 2. The summed E-state index contributed by atoms with van der Waals surface area (Å²) < 4.78 is 0. The highest BCUT2D eigenvalue weighted by Crippen LogP contribution is 2.49. The molecule has 2 heteroatoms. The lowest BCUT2D eigenvalue weighted by molar-refractivity contribution is 0.463. The lowest BCUT2D eigenvalue weighted by Gasteiger charge is -2.32. The molecule has 0 fully saturated rings. The molecule has 0 aromatic heterocycles. The Morgan fingerprint density at radius 2 is 1.47 bits per heavy atom. The summed E-state index contributed by atoms with van der Waals surface area (Å²) >= 11 is 0. The molecule has 0 heterocycles. The molecule has 32 heavy (non-hydrogen) atoms. The number of aromatic hydroxyl groups is 2. The molecule has 5 rings (SSSR count). The van der Waals surface area contributed by atoms with Crippen LogP contribution < -0.4 is 0 Å². The third kappa shape index (κ3) is 3.08. The topological polar surface area (TPSA) is 40.5 Å². The van der Waals surface area contributed by atoms with Crippen molar-refractivity contribution in [2.45, 2.75) is 59.8 Å². The van der Waals surface area contributed by atoms with Crippen molar-refractivity contribution in [1.82, 2.24) is 0 Å². The van der Waals surface area contributed by atoms with Gasteiger partial charge in [0.05, 0.1) is 0 Å². The van der Waals surface area contributed by atoms with Gasteiger partial charge in [-0.15, -0.1) is 0 Å². The van der Waals surface area contributed by atoms with Gasteiger partial charge in [-0.05, 0) is 112 Å². The van der Waals surface area contributed by atoms with E-state index in [1.807, 2.05) is 19.1 Å². The molecule has 0 spiro atoms. The Hall–Kier alpha value is -3.00. The summed E-state index contributed by atoms with van der Waals surface area (Å²) in [6, 6.07) is 15.0. The molecule has 2 nitrogen and oxygen atoms in total. The van der Waals surface area contributed by atoms with Crippen LogP contribution in [-0.4, -0.2) is 10.2 Å². The molecule has 0 radical (unpaired) electrons. The van der Waals surface area contributed by atoms with Crippen LogP contribution in [0.25, 0.3) is 32.7 Å². The second-order valence-corrected chi connectivity index (χ2v) is 10.4. The fraction of sp³-hybridized carbons (Fsp3) is 0.333. The van der Waals surface area contributed by atoms with Crippen LogP contribution in [0.2, 0.25) is 0 Å². The van der Waals surface area contributed by atoms with Gasteiger partial charge in [0.15, 0.2) is 0 Å². The van der Waals surface area contributed by atoms with Gasteiger partial charge in [-0.1, -0.05) is 45.9 Å². The molecule has 4 aromatic carbocycles. The number of hydrogen-bond acceptors (Lipinski definition) is 2. The molecule has 0 saturated heterocycles. The second-order valence-electron chi connectivity index (χ2n) is 10.4. The fourth-order valence-electron chi connectivity index (χ4n) is 5.72. The summed E-state index contributed by atoms with van der Waals surface area (Å²) in [5.41, 5.74) is 8.04. The molecule has 0 saturated carbocycles. The predicted octanol–water partition coefficient (Wildman–Crippen LogP) is 8.11. The molecular formula is C30H32O2. The first kappa shape index (κ1) is 20.9. The zero-order chi connectivity index (χ0) is 22.9. The predicted molar refractivity (Wildman–Crippen MR) is 135 cm³/mol. The number of rotatable bonds is 2. The van der Waals surface area contributed by atoms with Crippen molar-refractivity contribution >= 4 is 21.5 Å². The molecule has 1 aliphatic rings. The minimum absolute atomic E-state index is 0.341. The maximum absolute atomic E-state index is 11.0. The van der Waals surface area contributed by atoms with Gasteiger partial charge in [0.1, 0.15) is 11.5 Å². The first-order chi connectivity index (χ1) is 15.2. The third-order valence-corrected chi connectivity index (χ3v) is 7.26. The summed E-state index contributed by atoms with van der Waals surface area (Å²) in [7, 11) is 0. The lowest BCUT2D eigenvalue weighted by Crippen LogP contribution is -2.16. The summed E-state index contributed by atoms with van der Waals surface area (Å²) in [4.78, 5) is 0. The van der Waals surface area contributed by atoms with Crippen molar-refractivity contribution in [1.29, 1.82) is 0 Å². The largest absolute Gasteiger partial charge is 0.507 e. The highest BCUT2D eigenvalue weighted by atomic mass is 16.3. The molecule has 0 amide bonds. The molecule has 1 atom stereocenters. The summed E-state index contributed by atoms with van der Waals surface area (Å²) in [6.07, 6.45) is 0.943. The van der Waals surface area contributed by atoms with Gasteiger partial charge in [0.2, 0.25) is 0 Å². The Morgan fingerprint density at radius 3 is 2.16 bits per heavy atom. The van der Waals surface area contributed by atoms with E-state index in [4.69, 9.17) is 0 Å². The van der Waals surface area contributed by atoms with Crippen LogP contribution in [0.15, 0.2) is 42.5 Å². The minimum atomic E-state index is 0.341. The molecule has 0 aliphatic heterocycles. The van der Waals surface area contributed by atoms with E-state index in [2.05, 4.69) is 65.0 Å². The SMILES string of the molecule is Cc1cc(O)c2c(c1)[C@@H](C(C)C)Cc1cc3c(cc1-2)cc(C(C)C)c1cc(C)cc(O)c13. The van der Waals surface area contributed by atoms with Gasteiger partial charge in [-0.25, -0.2) is 0 Å². The van der Waals surface area contributed by atoms with Gasteiger partial charge in [-0.2, -0.15) is 0 Å². The van der Waals surface area contributed by atoms with Crippen LogP contribution in [0.3, 0.4) is 0 Å². The smallest absolute Gasteiger partial charge is 0.124 e. The van der Waals surface area contributed by atoms with Crippen molar-refractivity contribution in [3.05, 3.63) is 70.3 Å². The van der Waals surface area contributed by atoms with Crippen LogP contribution in [0.1, 0.15) is 67.3 Å². The van der Waals surface area contributed by atoms with E-state index in [1.165, 1.54) is 16.7 Å². The fourth-order valence-corrected chi connectivity index (χ4v) is 5.72. The van der Waals surface area contributed by atoms with E-state index >= 15 is 0 Å². The van der Waals surface area contributed by atoms with Gasteiger partial charge in [0, 0.05) is 10.9 Å². The first-order valence-corrected chi connectivity index (χ1v) is 11.7. The van der Waals surface area contributed by atoms with E-state index in [-0.39, 0.29) is 0 Å². The maximum Gasteiger partial charge on any atom is 0.124 e. The first-order valence-electron chi connectivity index (χ1n) is 11.7. The summed E-state index contributed by atoms with van der Waals surface area (Å²) in [6.45, 7) is 13.0. The Morgan fingerprint density at radius 1 is 0.781 bits per heavy atom. The van der Waals surface area contributed by atoms with E-state index in [0.29, 0.717) is 29.3 Å². The quantitative estimate of drug-likeness (QED) is 0.319. The number of phenols is 2. The van der Waals surface area contributed by atoms with Crippen LogP contribution in [0.5, 0.6) is 11.5 Å². The van der Waals surface area contributed by atoms with E-state index in [0.717, 1.165) is 50.2 Å². The standard InChI is InChI=1S/C30H32O2/c1-15(2)21-11-19-13-24-20(14-23(19)29-25(21)7-17(5)9-27(29)31)12-22(16(3)4)26-8-18(6)10-28(32)30(24)26/h7-11,13-16,22,31-32H,12H2,1-6H3/t22-/m1/s1. The molecule has 1 aliphatic carbocycles. The molecular weight excluding hydrogens is 392 g/mol. The lowest BCUT2D eigenvalue weighted by atomic mass is 9.72. The van der Waals surface area contributed by atoms with Crippen LogP contribution >= 0.6 is 0 Å². The van der Waals surface area contributed by atoms with Crippen molar-refractivity contribution in [3.63, 3.8) is 0 Å². The van der Waals surface area contributed by atoms with Crippen LogP contribution in [-0.2, 0) is 6.42 Å². The van der Waals surface area contributed by atoms with Gasteiger partial charge in [0.25, 0.3) is 0 Å². The number of hydrogen-bond donors (Lipinski definition) is 2. The van der Waals surface area contributed by atoms with Crippen molar-refractivity contribution < 1.29 is 10.2 Å². The van der Waals surface area contributed by atoms with Crippen LogP contribution in [0, 0.1) is 19.8 Å². The van der Waals surface area contributed by atoms with Crippen molar-refractivity contribution in [2.24, 2.45) is 5.92 Å².